The molecule has 0 aromatic heterocycles. The van der Waals surface area contributed by atoms with Gasteiger partial charge >= 0.3 is 12.0 Å². The Morgan fingerprint density at radius 3 is 2.43 bits per heavy atom. The maximum atomic E-state index is 11.8. The van der Waals surface area contributed by atoms with Crippen LogP contribution in [0.5, 0.6) is 0 Å². The molecule has 0 spiro atoms. The minimum absolute atomic E-state index is 0.177. The summed E-state index contributed by atoms with van der Waals surface area (Å²) in [5, 5.41) is 3.15. The molecule has 0 bridgehead atoms. The van der Waals surface area contributed by atoms with E-state index in [4.69, 9.17) is 4.74 Å². The largest absolute Gasteiger partial charge is 0.464 e. The van der Waals surface area contributed by atoms with Crippen LogP contribution in [0.4, 0.5) is 4.79 Å². The molecule has 0 radical (unpaired) electrons. The minimum atomic E-state index is -3.97. The topological polar surface area (TPSA) is 102 Å². The number of hydrogen-bond acceptors (Lipinski definition) is 5. The van der Waals surface area contributed by atoms with E-state index in [1.54, 1.807) is 44.2 Å². The molecule has 1 aromatic carbocycles. The Labute approximate surface area is 135 Å². The lowest BCUT2D eigenvalue weighted by Gasteiger charge is -2.15. The second-order valence-electron chi connectivity index (χ2n) is 4.55. The van der Waals surface area contributed by atoms with E-state index in [2.05, 4.69) is 5.32 Å². The summed E-state index contributed by atoms with van der Waals surface area (Å²) in [6.07, 6.45) is 1.64. The van der Waals surface area contributed by atoms with Gasteiger partial charge in [0, 0.05) is 0 Å². The maximum Gasteiger partial charge on any atom is 0.329 e. The Bertz CT molecular complexity index is 656. The molecule has 0 saturated carbocycles. The first-order valence-electron chi connectivity index (χ1n) is 7.11. The third-order valence-corrected chi connectivity index (χ3v) is 3.72. The highest BCUT2D eigenvalue weighted by Crippen LogP contribution is 2.03. The predicted molar refractivity (Wildman–Crippen MR) is 86.8 cm³/mol. The Hall–Kier alpha value is -2.35. The lowest BCUT2D eigenvalue weighted by molar-refractivity contribution is -0.145. The molecular formula is C15H20N2O5S. The number of carbonyl (C=O) groups excluding carboxylic acids is 2. The van der Waals surface area contributed by atoms with Gasteiger partial charge in [-0.25, -0.2) is 22.7 Å². The van der Waals surface area contributed by atoms with Gasteiger partial charge in [-0.2, -0.15) is 0 Å². The highest BCUT2D eigenvalue weighted by molar-refractivity contribution is 7.93. The number of urea groups is 1. The van der Waals surface area contributed by atoms with Crippen LogP contribution in [0.3, 0.4) is 0 Å². The molecule has 1 unspecified atom stereocenters. The molecule has 0 saturated heterocycles. The quantitative estimate of drug-likeness (QED) is 0.735. The van der Waals surface area contributed by atoms with E-state index in [9.17, 15) is 18.0 Å². The average Bonchev–Trinajstić information content (AvgIpc) is 2.51. The minimum Gasteiger partial charge on any atom is -0.464 e. The smallest absolute Gasteiger partial charge is 0.329 e. The second kappa shape index (κ2) is 8.94. The number of esters is 1. The monoisotopic (exact) mass is 340 g/mol. The number of benzene rings is 1. The number of hydrogen-bond donors (Lipinski definition) is 2. The van der Waals surface area contributed by atoms with Gasteiger partial charge in [0.05, 0.1) is 12.0 Å². The molecule has 23 heavy (non-hydrogen) atoms. The van der Waals surface area contributed by atoms with Gasteiger partial charge in [-0.3, -0.25) is 0 Å². The summed E-state index contributed by atoms with van der Waals surface area (Å²) in [7, 11) is -3.97. The van der Waals surface area contributed by atoms with Crippen molar-refractivity contribution >= 4 is 28.1 Å². The maximum absolute atomic E-state index is 11.8. The van der Waals surface area contributed by atoms with Crippen molar-refractivity contribution in [1.82, 2.24) is 10.0 Å². The summed E-state index contributed by atoms with van der Waals surface area (Å²) in [5.74, 6) is -0.609. The zero-order valence-electron chi connectivity index (χ0n) is 13.0. The van der Waals surface area contributed by atoms with Crippen LogP contribution in [0.15, 0.2) is 35.7 Å². The molecule has 0 heterocycles. The van der Waals surface area contributed by atoms with E-state index < -0.39 is 28.1 Å². The molecule has 2 N–H and O–H groups in total. The molecular weight excluding hydrogens is 320 g/mol. The van der Waals surface area contributed by atoms with Crippen molar-refractivity contribution < 1.29 is 22.7 Å². The molecule has 8 heteroatoms. The number of nitrogens with one attached hydrogen (secondary N) is 2. The Morgan fingerprint density at radius 1 is 1.22 bits per heavy atom. The van der Waals surface area contributed by atoms with Gasteiger partial charge < -0.3 is 10.1 Å². The van der Waals surface area contributed by atoms with E-state index in [1.807, 2.05) is 4.72 Å². The number of ether oxygens (including phenoxy) is 1. The van der Waals surface area contributed by atoms with Crippen molar-refractivity contribution in [3.63, 3.8) is 0 Å². The fraction of sp³-hybridized carbons (Fsp3) is 0.333. The van der Waals surface area contributed by atoms with E-state index >= 15 is 0 Å². The van der Waals surface area contributed by atoms with Gasteiger partial charge in [-0.15, -0.1) is 0 Å². The number of sulfonamides is 1. The van der Waals surface area contributed by atoms with Gasteiger partial charge in [-0.1, -0.05) is 37.3 Å². The third-order valence-electron chi connectivity index (χ3n) is 2.76. The van der Waals surface area contributed by atoms with E-state index in [0.29, 0.717) is 5.56 Å². The van der Waals surface area contributed by atoms with Crippen molar-refractivity contribution in [3.05, 3.63) is 41.3 Å². The van der Waals surface area contributed by atoms with Gasteiger partial charge in [0.2, 0.25) is 0 Å². The summed E-state index contributed by atoms with van der Waals surface area (Å²) >= 11 is 0. The molecule has 0 aliphatic rings. The van der Waals surface area contributed by atoms with Crippen LogP contribution in [-0.4, -0.2) is 33.1 Å². The predicted octanol–water partition coefficient (Wildman–Crippen LogP) is 1.63. The third kappa shape index (κ3) is 6.96. The molecule has 1 rings (SSSR count). The molecule has 0 aliphatic heterocycles. The summed E-state index contributed by atoms with van der Waals surface area (Å²) in [4.78, 5) is 23.3. The van der Waals surface area contributed by atoms with E-state index in [1.165, 1.54) is 6.08 Å². The molecule has 1 aromatic rings. The highest BCUT2D eigenvalue weighted by atomic mass is 32.2. The van der Waals surface area contributed by atoms with Crippen LogP contribution in [0, 0.1) is 0 Å². The second-order valence-corrected chi connectivity index (χ2v) is 6.11. The Kier molecular flexibility index (Phi) is 7.27. The SMILES string of the molecule is CCOC(=O)C(CC)NC(=O)NS(=O)(=O)/C=C/c1ccccc1. The van der Waals surface area contributed by atoms with Crippen molar-refractivity contribution in [1.29, 1.82) is 0 Å². The molecule has 0 aliphatic carbocycles. The van der Waals surface area contributed by atoms with Crippen molar-refractivity contribution in [2.45, 2.75) is 26.3 Å². The fourth-order valence-electron chi connectivity index (χ4n) is 1.65. The van der Waals surface area contributed by atoms with Crippen LogP contribution in [-0.2, 0) is 19.6 Å². The normalized spacial score (nSPS) is 12.6. The molecule has 0 fully saturated rings. The molecule has 1 atom stereocenters. The van der Waals surface area contributed by atoms with Gasteiger partial charge in [0.15, 0.2) is 0 Å². The lowest BCUT2D eigenvalue weighted by Crippen LogP contribution is -2.47. The summed E-state index contributed by atoms with van der Waals surface area (Å²) in [5.41, 5.74) is 0.677. The molecule has 126 valence electrons. The summed E-state index contributed by atoms with van der Waals surface area (Å²) < 4.78 is 30.2. The van der Waals surface area contributed by atoms with Crippen LogP contribution < -0.4 is 10.0 Å². The van der Waals surface area contributed by atoms with Crippen molar-refractivity contribution in [2.75, 3.05) is 6.61 Å². The van der Waals surface area contributed by atoms with Gasteiger partial charge in [0.25, 0.3) is 10.0 Å². The lowest BCUT2D eigenvalue weighted by atomic mass is 10.2. The van der Waals surface area contributed by atoms with E-state index in [0.717, 1.165) is 5.41 Å². The van der Waals surface area contributed by atoms with Crippen LogP contribution in [0.2, 0.25) is 0 Å². The van der Waals surface area contributed by atoms with E-state index in [-0.39, 0.29) is 13.0 Å². The average molecular weight is 340 g/mol. The zero-order chi connectivity index (χ0) is 17.3. The fourth-order valence-corrected chi connectivity index (χ4v) is 2.38. The van der Waals surface area contributed by atoms with Crippen molar-refractivity contribution in [2.24, 2.45) is 0 Å². The first-order chi connectivity index (χ1) is 10.9. The first-order valence-corrected chi connectivity index (χ1v) is 8.65. The number of amides is 2. The van der Waals surface area contributed by atoms with Crippen LogP contribution in [0.1, 0.15) is 25.8 Å². The summed E-state index contributed by atoms with van der Waals surface area (Å²) in [6.45, 7) is 3.49. The Morgan fingerprint density at radius 2 is 1.87 bits per heavy atom. The van der Waals surface area contributed by atoms with Crippen LogP contribution >= 0.6 is 0 Å². The first kappa shape index (κ1) is 18.7. The zero-order valence-corrected chi connectivity index (χ0v) is 13.8. The van der Waals surface area contributed by atoms with Crippen LogP contribution in [0.25, 0.3) is 6.08 Å². The van der Waals surface area contributed by atoms with Gasteiger partial charge in [0.1, 0.15) is 6.04 Å². The number of rotatable bonds is 7. The molecule has 2 amide bonds. The van der Waals surface area contributed by atoms with Crippen molar-refractivity contribution in [3.8, 4) is 0 Å². The Balaban J connectivity index is 2.64. The summed E-state index contributed by atoms with van der Waals surface area (Å²) in [6, 6.07) is 6.89. The number of carbonyl (C=O) groups is 2. The highest BCUT2D eigenvalue weighted by Gasteiger charge is 2.21. The standard InChI is InChI=1S/C15H20N2O5S/c1-3-13(14(18)22-4-2)16-15(19)17-23(20,21)11-10-12-8-6-5-7-9-12/h5-11,13H,3-4H2,1-2H3,(H2,16,17,19)/b11-10+. The molecule has 7 nitrogen and oxygen atoms in total. The van der Waals surface area contributed by atoms with Gasteiger partial charge in [-0.05, 0) is 25.0 Å².